The first-order valence-corrected chi connectivity index (χ1v) is 8.00. The van der Waals surface area contributed by atoms with Crippen LogP contribution in [0.15, 0.2) is 48.7 Å². The Morgan fingerprint density at radius 2 is 1.67 bits per heavy atom. The lowest BCUT2D eigenvalue weighted by Gasteiger charge is -2.05. The van der Waals surface area contributed by atoms with Crippen molar-refractivity contribution in [1.82, 2.24) is 4.57 Å². The highest BCUT2D eigenvalue weighted by atomic mass is 35.5. The van der Waals surface area contributed by atoms with Gasteiger partial charge in [-0.1, -0.05) is 50.0 Å². The summed E-state index contributed by atoms with van der Waals surface area (Å²) in [5, 5.41) is 2.72. The van der Waals surface area contributed by atoms with E-state index in [-0.39, 0.29) is 0 Å². The van der Waals surface area contributed by atoms with Gasteiger partial charge in [-0.25, -0.2) is 0 Å². The third-order valence-electron chi connectivity index (χ3n) is 3.32. The summed E-state index contributed by atoms with van der Waals surface area (Å²) >= 11 is 12.2. The molecule has 0 amide bonds. The van der Waals surface area contributed by atoms with E-state index in [1.165, 1.54) is 10.9 Å². The van der Waals surface area contributed by atoms with Crippen molar-refractivity contribution in [3.05, 3.63) is 64.3 Å². The monoisotopic (exact) mass is 319 g/mol. The van der Waals surface area contributed by atoms with Crippen LogP contribution in [0, 0.1) is 0 Å². The molecule has 0 fully saturated rings. The molecular weight excluding hydrogens is 301 g/mol. The molecule has 0 saturated carbocycles. The van der Waals surface area contributed by atoms with Crippen LogP contribution in [0.1, 0.15) is 26.3 Å². The highest BCUT2D eigenvalue weighted by Gasteiger charge is 2.09. The van der Waals surface area contributed by atoms with Crippen LogP contribution in [0.2, 0.25) is 10.0 Å². The van der Waals surface area contributed by atoms with Crippen molar-refractivity contribution in [3.63, 3.8) is 0 Å². The lowest BCUT2D eigenvalue weighted by atomic mass is 10.1. The van der Waals surface area contributed by atoms with Crippen LogP contribution in [0.25, 0.3) is 16.6 Å². The second-order valence-electron chi connectivity index (χ2n) is 4.52. The van der Waals surface area contributed by atoms with Gasteiger partial charge in [0.1, 0.15) is 0 Å². The molecule has 0 N–H and O–H groups in total. The Hall–Kier alpha value is -1.44. The molecule has 1 heterocycles. The lowest BCUT2D eigenvalue weighted by Crippen LogP contribution is -1.91. The van der Waals surface area contributed by atoms with Crippen molar-refractivity contribution in [2.24, 2.45) is 0 Å². The molecule has 0 aliphatic heterocycles. The summed E-state index contributed by atoms with van der Waals surface area (Å²) in [5.41, 5.74) is 3.51. The van der Waals surface area contributed by atoms with E-state index in [1.807, 2.05) is 44.2 Å². The van der Waals surface area contributed by atoms with E-state index in [1.54, 1.807) is 0 Å². The molecule has 3 aromatic rings. The Balaban J connectivity index is 0.000000774. The maximum Gasteiger partial charge on any atom is 0.0532 e. The van der Waals surface area contributed by atoms with Gasteiger partial charge in [0.25, 0.3) is 0 Å². The molecule has 0 atom stereocenters. The minimum absolute atomic E-state index is 0.742. The van der Waals surface area contributed by atoms with Crippen molar-refractivity contribution >= 4 is 34.1 Å². The standard InChI is InChI=1S/C16H13Cl2N.C2H6/c1-2-11-10-19(14-5-3-4-12(17)8-14)16-7-6-13(18)9-15(11)16;1-2/h3-10H,2H2,1H3;1-2H3. The Morgan fingerprint density at radius 3 is 2.33 bits per heavy atom. The van der Waals surface area contributed by atoms with Gasteiger partial charge in [0.2, 0.25) is 0 Å². The molecule has 1 aromatic heterocycles. The molecule has 0 radical (unpaired) electrons. The predicted octanol–water partition coefficient (Wildman–Crippen LogP) is 6.53. The zero-order valence-electron chi connectivity index (χ0n) is 12.5. The minimum Gasteiger partial charge on any atom is -0.316 e. The summed E-state index contributed by atoms with van der Waals surface area (Å²) in [6, 6.07) is 13.9. The van der Waals surface area contributed by atoms with E-state index in [0.717, 1.165) is 27.7 Å². The van der Waals surface area contributed by atoms with E-state index >= 15 is 0 Å². The lowest BCUT2D eigenvalue weighted by molar-refractivity contribution is 1.08. The van der Waals surface area contributed by atoms with Gasteiger partial charge in [-0.2, -0.15) is 0 Å². The molecule has 110 valence electrons. The first-order chi connectivity index (χ1) is 10.2. The zero-order valence-corrected chi connectivity index (χ0v) is 14.0. The third kappa shape index (κ3) is 3.25. The first-order valence-electron chi connectivity index (χ1n) is 7.24. The summed E-state index contributed by atoms with van der Waals surface area (Å²) in [6.45, 7) is 6.15. The van der Waals surface area contributed by atoms with Gasteiger partial charge in [0.05, 0.1) is 5.52 Å². The Morgan fingerprint density at radius 1 is 0.952 bits per heavy atom. The van der Waals surface area contributed by atoms with E-state index in [2.05, 4.69) is 29.8 Å². The van der Waals surface area contributed by atoms with E-state index in [0.29, 0.717) is 0 Å². The second kappa shape index (κ2) is 7.02. The van der Waals surface area contributed by atoms with Crippen molar-refractivity contribution in [2.75, 3.05) is 0 Å². The van der Waals surface area contributed by atoms with E-state index in [4.69, 9.17) is 23.2 Å². The minimum atomic E-state index is 0.742. The number of fused-ring (bicyclic) bond motifs is 1. The average Bonchev–Trinajstić information content (AvgIpc) is 2.87. The zero-order chi connectivity index (χ0) is 15.4. The molecule has 2 aromatic carbocycles. The van der Waals surface area contributed by atoms with Crippen LogP contribution in [0.5, 0.6) is 0 Å². The highest BCUT2D eigenvalue weighted by molar-refractivity contribution is 6.31. The number of nitrogens with zero attached hydrogens (tertiary/aromatic N) is 1. The molecule has 0 aliphatic rings. The molecule has 0 saturated heterocycles. The fourth-order valence-electron chi connectivity index (χ4n) is 2.39. The number of hydrogen-bond donors (Lipinski definition) is 0. The van der Waals surface area contributed by atoms with Crippen LogP contribution < -0.4 is 0 Å². The number of benzene rings is 2. The second-order valence-corrected chi connectivity index (χ2v) is 5.39. The van der Waals surface area contributed by atoms with Crippen LogP contribution in [0.4, 0.5) is 0 Å². The number of aryl methyl sites for hydroxylation is 1. The van der Waals surface area contributed by atoms with Gasteiger partial charge in [-0.15, -0.1) is 0 Å². The molecule has 0 aliphatic carbocycles. The normalized spacial score (nSPS) is 10.3. The van der Waals surface area contributed by atoms with Gasteiger partial charge in [0.15, 0.2) is 0 Å². The van der Waals surface area contributed by atoms with E-state index in [9.17, 15) is 0 Å². The summed E-state index contributed by atoms with van der Waals surface area (Å²) in [5.74, 6) is 0. The quantitative estimate of drug-likeness (QED) is 0.506. The first kappa shape index (κ1) is 15.9. The van der Waals surface area contributed by atoms with Crippen molar-refractivity contribution < 1.29 is 0 Å². The molecule has 0 bridgehead atoms. The fourth-order valence-corrected chi connectivity index (χ4v) is 2.75. The van der Waals surface area contributed by atoms with E-state index < -0.39 is 0 Å². The summed E-state index contributed by atoms with van der Waals surface area (Å²) < 4.78 is 2.16. The number of hydrogen-bond acceptors (Lipinski definition) is 0. The van der Waals surface area contributed by atoms with Gasteiger partial charge in [0, 0.05) is 27.3 Å². The van der Waals surface area contributed by atoms with Crippen molar-refractivity contribution in [1.29, 1.82) is 0 Å². The number of aromatic nitrogens is 1. The van der Waals surface area contributed by atoms with Gasteiger partial charge < -0.3 is 4.57 Å². The van der Waals surface area contributed by atoms with Crippen molar-refractivity contribution in [3.8, 4) is 5.69 Å². The maximum absolute atomic E-state index is 6.10. The molecule has 0 spiro atoms. The number of halogens is 2. The Kier molecular flexibility index (Phi) is 5.33. The Labute approximate surface area is 136 Å². The van der Waals surface area contributed by atoms with Crippen molar-refractivity contribution in [2.45, 2.75) is 27.2 Å². The predicted molar refractivity (Wildman–Crippen MR) is 94.0 cm³/mol. The SMILES string of the molecule is CC.CCc1cn(-c2cccc(Cl)c2)c2ccc(Cl)cc12. The molecule has 3 rings (SSSR count). The van der Waals surface area contributed by atoms with Crippen LogP contribution in [-0.2, 0) is 6.42 Å². The number of rotatable bonds is 2. The van der Waals surface area contributed by atoms with Gasteiger partial charge >= 0.3 is 0 Å². The Bertz CT molecular complexity index is 744. The molecule has 3 heteroatoms. The molecule has 0 unspecified atom stereocenters. The molecular formula is C18H19Cl2N. The molecule has 1 nitrogen and oxygen atoms in total. The third-order valence-corrected chi connectivity index (χ3v) is 3.79. The summed E-state index contributed by atoms with van der Waals surface area (Å²) in [6.07, 6.45) is 3.14. The summed E-state index contributed by atoms with van der Waals surface area (Å²) in [7, 11) is 0. The van der Waals surface area contributed by atoms with Crippen LogP contribution in [0.3, 0.4) is 0 Å². The smallest absolute Gasteiger partial charge is 0.0532 e. The molecule has 21 heavy (non-hydrogen) atoms. The largest absolute Gasteiger partial charge is 0.316 e. The topological polar surface area (TPSA) is 4.93 Å². The van der Waals surface area contributed by atoms with Crippen LogP contribution >= 0.6 is 23.2 Å². The maximum atomic E-state index is 6.10. The summed E-state index contributed by atoms with van der Waals surface area (Å²) in [4.78, 5) is 0. The van der Waals surface area contributed by atoms with Gasteiger partial charge in [-0.05, 0) is 48.4 Å². The van der Waals surface area contributed by atoms with Crippen LogP contribution in [-0.4, -0.2) is 4.57 Å². The fraction of sp³-hybridized carbons (Fsp3) is 0.222. The van der Waals surface area contributed by atoms with Gasteiger partial charge in [-0.3, -0.25) is 0 Å². The highest BCUT2D eigenvalue weighted by Crippen LogP contribution is 2.28. The average molecular weight is 320 g/mol.